The molecule has 3 heteroatoms. The molecule has 0 aliphatic carbocycles. The van der Waals surface area contributed by atoms with Gasteiger partial charge in [-0.25, -0.2) is 9.37 Å². The molecule has 1 nitrogen and oxygen atoms in total. The molecule has 1 heterocycles. The lowest BCUT2D eigenvalue weighted by atomic mass is 10.3. The summed E-state index contributed by atoms with van der Waals surface area (Å²) in [5, 5.41) is 0.231. The highest BCUT2D eigenvalue weighted by Gasteiger charge is 1.99. The van der Waals surface area contributed by atoms with Crippen molar-refractivity contribution in [2.75, 3.05) is 0 Å². The molecular formula is C8H11ClFN. The Hall–Kier alpha value is -0.630. The highest BCUT2D eigenvalue weighted by atomic mass is 35.5. The first kappa shape index (κ1) is 10.4. The Bertz CT molecular complexity index is 205. The number of nitrogens with zero attached hydrogens (tertiary/aromatic N) is 1. The van der Waals surface area contributed by atoms with Gasteiger partial charge < -0.3 is 0 Å². The highest BCUT2D eigenvalue weighted by molar-refractivity contribution is 6.30. The summed E-state index contributed by atoms with van der Waals surface area (Å²) in [6, 6.07) is 1.28. The molecule has 11 heavy (non-hydrogen) atoms. The molecule has 0 bridgehead atoms. The van der Waals surface area contributed by atoms with E-state index in [1.807, 2.05) is 13.8 Å². The third kappa shape index (κ3) is 2.85. The molecule has 0 aliphatic heterocycles. The largest absolute Gasteiger partial charge is 0.244 e. The number of hydrogen-bond acceptors (Lipinski definition) is 1. The van der Waals surface area contributed by atoms with E-state index in [1.165, 1.54) is 12.3 Å². The molecule has 0 saturated carbocycles. The molecule has 0 aliphatic rings. The number of hydrogen-bond donors (Lipinski definition) is 0. The molecule has 62 valence electrons. The van der Waals surface area contributed by atoms with Crippen molar-refractivity contribution in [2.24, 2.45) is 0 Å². The average molecular weight is 176 g/mol. The van der Waals surface area contributed by atoms with Crippen LogP contribution in [0.15, 0.2) is 12.3 Å². The Morgan fingerprint density at radius 2 is 2.00 bits per heavy atom. The van der Waals surface area contributed by atoms with Gasteiger partial charge in [0.1, 0.15) is 11.0 Å². The molecule has 0 aromatic carbocycles. The SMILES string of the molecule is CC.Cc1c(F)ccnc1Cl. The molecule has 0 unspecified atom stereocenters. The molecule has 0 amide bonds. The van der Waals surface area contributed by atoms with Crippen molar-refractivity contribution in [3.05, 3.63) is 28.8 Å². The molecule has 1 rings (SSSR count). The van der Waals surface area contributed by atoms with Gasteiger partial charge in [0.15, 0.2) is 0 Å². The van der Waals surface area contributed by atoms with Gasteiger partial charge in [0.2, 0.25) is 0 Å². The summed E-state index contributed by atoms with van der Waals surface area (Å²) in [4.78, 5) is 3.66. The van der Waals surface area contributed by atoms with E-state index in [0.29, 0.717) is 5.56 Å². The zero-order chi connectivity index (χ0) is 8.85. The van der Waals surface area contributed by atoms with Crippen LogP contribution in [0, 0.1) is 12.7 Å². The van der Waals surface area contributed by atoms with Gasteiger partial charge in [-0.1, -0.05) is 25.4 Å². The lowest BCUT2D eigenvalue weighted by Gasteiger charge is -1.94. The van der Waals surface area contributed by atoms with E-state index in [1.54, 1.807) is 6.92 Å². The minimum atomic E-state index is -0.310. The normalized spacial score (nSPS) is 8.45. The Morgan fingerprint density at radius 3 is 2.36 bits per heavy atom. The summed E-state index contributed by atoms with van der Waals surface area (Å²) in [6.07, 6.45) is 1.34. The Balaban J connectivity index is 0.000000461. The van der Waals surface area contributed by atoms with Crippen LogP contribution in [0.25, 0.3) is 0 Å². The van der Waals surface area contributed by atoms with Gasteiger partial charge in [0.25, 0.3) is 0 Å². The predicted octanol–water partition coefficient (Wildman–Crippen LogP) is 3.21. The van der Waals surface area contributed by atoms with E-state index in [-0.39, 0.29) is 11.0 Å². The first-order valence-corrected chi connectivity index (χ1v) is 3.86. The van der Waals surface area contributed by atoms with E-state index in [2.05, 4.69) is 4.98 Å². The first-order chi connectivity index (χ1) is 5.22. The van der Waals surface area contributed by atoms with Gasteiger partial charge in [0, 0.05) is 11.8 Å². The van der Waals surface area contributed by atoms with Crippen LogP contribution < -0.4 is 0 Å². The fourth-order valence-corrected chi connectivity index (χ4v) is 0.635. The monoisotopic (exact) mass is 175 g/mol. The van der Waals surface area contributed by atoms with Crippen LogP contribution in [0.2, 0.25) is 5.15 Å². The van der Waals surface area contributed by atoms with Gasteiger partial charge in [0.05, 0.1) is 0 Å². The van der Waals surface area contributed by atoms with E-state index in [0.717, 1.165) is 0 Å². The molecular weight excluding hydrogens is 165 g/mol. The van der Waals surface area contributed by atoms with E-state index < -0.39 is 0 Å². The van der Waals surface area contributed by atoms with Gasteiger partial charge >= 0.3 is 0 Å². The number of aromatic nitrogens is 1. The van der Waals surface area contributed by atoms with Crippen LogP contribution in [0.3, 0.4) is 0 Å². The maximum atomic E-state index is 12.5. The maximum absolute atomic E-state index is 12.5. The van der Waals surface area contributed by atoms with Crippen LogP contribution in [0.4, 0.5) is 4.39 Å². The predicted molar refractivity (Wildman–Crippen MR) is 45.3 cm³/mol. The lowest BCUT2D eigenvalue weighted by Crippen LogP contribution is -1.84. The minimum Gasteiger partial charge on any atom is -0.244 e. The summed E-state index contributed by atoms with van der Waals surface area (Å²) in [5.41, 5.74) is 0.402. The van der Waals surface area contributed by atoms with Crippen molar-refractivity contribution in [3.63, 3.8) is 0 Å². The second kappa shape index (κ2) is 5.08. The smallest absolute Gasteiger partial charge is 0.134 e. The maximum Gasteiger partial charge on any atom is 0.134 e. The van der Waals surface area contributed by atoms with E-state index >= 15 is 0 Å². The zero-order valence-corrected chi connectivity index (χ0v) is 7.61. The van der Waals surface area contributed by atoms with Crippen LogP contribution in [0.5, 0.6) is 0 Å². The van der Waals surface area contributed by atoms with Crippen molar-refractivity contribution < 1.29 is 4.39 Å². The molecule has 0 fully saturated rings. The summed E-state index contributed by atoms with van der Waals surface area (Å²) in [7, 11) is 0. The second-order valence-electron chi connectivity index (χ2n) is 1.71. The van der Waals surface area contributed by atoms with Gasteiger partial charge in [-0.15, -0.1) is 0 Å². The molecule has 0 radical (unpaired) electrons. The quantitative estimate of drug-likeness (QED) is 0.552. The highest BCUT2D eigenvalue weighted by Crippen LogP contribution is 2.13. The second-order valence-corrected chi connectivity index (χ2v) is 2.07. The lowest BCUT2D eigenvalue weighted by molar-refractivity contribution is 0.616. The average Bonchev–Trinajstić information content (AvgIpc) is 2.04. The number of pyridine rings is 1. The van der Waals surface area contributed by atoms with Crippen LogP contribution in [-0.4, -0.2) is 4.98 Å². The molecule has 0 spiro atoms. The third-order valence-corrected chi connectivity index (χ3v) is 1.46. The van der Waals surface area contributed by atoms with Gasteiger partial charge in [-0.3, -0.25) is 0 Å². The van der Waals surface area contributed by atoms with Crippen LogP contribution >= 0.6 is 11.6 Å². The topological polar surface area (TPSA) is 12.9 Å². The first-order valence-electron chi connectivity index (χ1n) is 3.48. The Morgan fingerprint density at radius 1 is 1.45 bits per heavy atom. The standard InChI is InChI=1S/C6H5ClFN.C2H6/c1-4-5(8)2-3-9-6(4)7;1-2/h2-3H,1H3;1-2H3. The van der Waals surface area contributed by atoms with Crippen molar-refractivity contribution in [1.29, 1.82) is 0 Å². The fourth-order valence-electron chi connectivity index (χ4n) is 0.489. The summed E-state index contributed by atoms with van der Waals surface area (Å²) >= 11 is 5.46. The number of rotatable bonds is 0. The minimum absolute atomic E-state index is 0.231. The fraction of sp³-hybridized carbons (Fsp3) is 0.375. The summed E-state index contributed by atoms with van der Waals surface area (Å²) in [5.74, 6) is -0.310. The van der Waals surface area contributed by atoms with E-state index in [4.69, 9.17) is 11.6 Å². The van der Waals surface area contributed by atoms with Gasteiger partial charge in [-0.2, -0.15) is 0 Å². The molecule has 0 N–H and O–H groups in total. The van der Waals surface area contributed by atoms with Gasteiger partial charge in [-0.05, 0) is 13.0 Å². The Labute approximate surface area is 71.2 Å². The van der Waals surface area contributed by atoms with Crippen molar-refractivity contribution in [3.8, 4) is 0 Å². The Kier molecular flexibility index (Phi) is 4.79. The molecule has 1 aromatic heterocycles. The summed E-state index contributed by atoms with van der Waals surface area (Å²) < 4.78 is 12.5. The van der Waals surface area contributed by atoms with Crippen LogP contribution in [-0.2, 0) is 0 Å². The van der Waals surface area contributed by atoms with Crippen LogP contribution in [0.1, 0.15) is 19.4 Å². The zero-order valence-electron chi connectivity index (χ0n) is 6.86. The van der Waals surface area contributed by atoms with Crippen molar-refractivity contribution in [2.45, 2.75) is 20.8 Å². The van der Waals surface area contributed by atoms with Crippen molar-refractivity contribution >= 4 is 11.6 Å². The molecule has 0 atom stereocenters. The molecule has 0 saturated heterocycles. The molecule has 1 aromatic rings. The number of halogens is 2. The summed E-state index contributed by atoms with van der Waals surface area (Å²) in [6.45, 7) is 5.59. The third-order valence-electron chi connectivity index (χ3n) is 1.08. The van der Waals surface area contributed by atoms with Crippen molar-refractivity contribution in [1.82, 2.24) is 4.98 Å². The van der Waals surface area contributed by atoms with E-state index in [9.17, 15) is 4.39 Å².